The minimum atomic E-state index is -4.61. The summed E-state index contributed by atoms with van der Waals surface area (Å²) < 4.78 is 38.4. The zero-order chi connectivity index (χ0) is 15.6. The molecule has 1 aromatic heterocycles. The van der Waals surface area contributed by atoms with E-state index in [0.29, 0.717) is 19.4 Å². The highest BCUT2D eigenvalue weighted by Crippen LogP contribution is 2.31. The van der Waals surface area contributed by atoms with Gasteiger partial charge in [0, 0.05) is 19.2 Å². The number of nitrogen functional groups attached to an aromatic ring is 1. The molecule has 1 amide bonds. The zero-order valence-corrected chi connectivity index (χ0v) is 11.0. The molecular formula is C11H15F3N6O. The molecule has 2 heterocycles. The van der Waals surface area contributed by atoms with Crippen LogP contribution in [0.25, 0.3) is 0 Å². The van der Waals surface area contributed by atoms with Gasteiger partial charge in [0.15, 0.2) is 5.69 Å². The van der Waals surface area contributed by atoms with E-state index in [4.69, 9.17) is 11.6 Å². The molecule has 0 saturated carbocycles. The van der Waals surface area contributed by atoms with Crippen molar-refractivity contribution in [1.29, 1.82) is 0 Å². The molecular weight excluding hydrogens is 289 g/mol. The number of hydrazine groups is 1. The molecule has 5 N–H and O–H groups in total. The fraction of sp³-hybridized carbons (Fsp3) is 0.545. The average molecular weight is 304 g/mol. The van der Waals surface area contributed by atoms with Gasteiger partial charge in [-0.2, -0.15) is 18.2 Å². The standard InChI is InChI=1S/C11H15F3N6O/c12-11(13,14)7-4-8(18-10(17-7)19-16)20-3-1-2-6(5-20)9(15)21/h4,6H,1-3,5,16H2,(H2,15,21)(H,17,18,19). The summed E-state index contributed by atoms with van der Waals surface area (Å²) in [6.07, 6.45) is -3.35. The topological polar surface area (TPSA) is 110 Å². The number of carbonyl (C=O) groups excluding carboxylic acids is 1. The van der Waals surface area contributed by atoms with Crippen molar-refractivity contribution in [2.75, 3.05) is 23.4 Å². The molecule has 0 aliphatic carbocycles. The number of aromatic nitrogens is 2. The molecule has 21 heavy (non-hydrogen) atoms. The third kappa shape index (κ3) is 3.51. The van der Waals surface area contributed by atoms with Crippen molar-refractivity contribution < 1.29 is 18.0 Å². The maximum absolute atomic E-state index is 12.8. The monoisotopic (exact) mass is 304 g/mol. The smallest absolute Gasteiger partial charge is 0.369 e. The molecule has 10 heteroatoms. The van der Waals surface area contributed by atoms with Gasteiger partial charge >= 0.3 is 6.18 Å². The fourth-order valence-electron chi connectivity index (χ4n) is 2.22. The average Bonchev–Trinajstić information content (AvgIpc) is 2.46. The highest BCUT2D eigenvalue weighted by molar-refractivity contribution is 5.77. The van der Waals surface area contributed by atoms with Crippen LogP contribution >= 0.6 is 0 Å². The quantitative estimate of drug-likeness (QED) is 0.553. The number of alkyl halides is 3. The van der Waals surface area contributed by atoms with Gasteiger partial charge in [-0.1, -0.05) is 0 Å². The van der Waals surface area contributed by atoms with Gasteiger partial charge in [0.25, 0.3) is 0 Å². The van der Waals surface area contributed by atoms with Gasteiger partial charge in [-0.3, -0.25) is 10.2 Å². The molecule has 0 aromatic carbocycles. The van der Waals surface area contributed by atoms with Crippen molar-refractivity contribution in [2.45, 2.75) is 19.0 Å². The SMILES string of the molecule is NNc1nc(N2CCCC(C(N)=O)C2)cc(C(F)(F)F)n1. The van der Waals surface area contributed by atoms with E-state index in [9.17, 15) is 18.0 Å². The number of anilines is 2. The predicted octanol–water partition coefficient (Wildman–Crippen LogP) is 0.483. The van der Waals surface area contributed by atoms with Crippen molar-refractivity contribution in [3.8, 4) is 0 Å². The Morgan fingerprint density at radius 3 is 2.71 bits per heavy atom. The third-order valence-electron chi connectivity index (χ3n) is 3.28. The molecule has 116 valence electrons. The largest absolute Gasteiger partial charge is 0.433 e. The second-order valence-corrected chi connectivity index (χ2v) is 4.76. The van der Waals surface area contributed by atoms with Crippen LogP contribution in [0.4, 0.5) is 24.9 Å². The second-order valence-electron chi connectivity index (χ2n) is 4.76. The minimum absolute atomic E-state index is 0.0659. The molecule has 0 spiro atoms. The van der Waals surface area contributed by atoms with Crippen LogP contribution in [0.1, 0.15) is 18.5 Å². The maximum atomic E-state index is 12.8. The molecule has 1 aromatic rings. The van der Waals surface area contributed by atoms with E-state index < -0.39 is 23.7 Å². The number of nitrogens with one attached hydrogen (secondary N) is 1. The number of carbonyl (C=O) groups is 1. The Hall–Kier alpha value is -2.10. The first-order chi connectivity index (χ1) is 9.81. The van der Waals surface area contributed by atoms with E-state index in [2.05, 4.69) is 9.97 Å². The molecule has 1 saturated heterocycles. The number of rotatable bonds is 3. The predicted molar refractivity (Wildman–Crippen MR) is 69.0 cm³/mol. The summed E-state index contributed by atoms with van der Waals surface area (Å²) in [5.74, 6) is 3.96. The van der Waals surface area contributed by atoms with Crippen LogP contribution in [0.15, 0.2) is 6.07 Å². The van der Waals surface area contributed by atoms with Crippen LogP contribution in [0.5, 0.6) is 0 Å². The molecule has 1 fully saturated rings. The number of nitrogens with zero attached hydrogens (tertiary/aromatic N) is 3. The first kappa shape index (κ1) is 15.3. The van der Waals surface area contributed by atoms with E-state index in [-0.39, 0.29) is 18.3 Å². The van der Waals surface area contributed by atoms with Crippen molar-refractivity contribution in [1.82, 2.24) is 9.97 Å². The van der Waals surface area contributed by atoms with E-state index in [0.717, 1.165) is 6.07 Å². The van der Waals surface area contributed by atoms with Gasteiger partial charge in [-0.05, 0) is 12.8 Å². The Balaban J connectivity index is 2.32. The fourth-order valence-corrected chi connectivity index (χ4v) is 2.22. The number of hydrogen-bond donors (Lipinski definition) is 3. The van der Waals surface area contributed by atoms with Gasteiger partial charge in [-0.15, -0.1) is 0 Å². The Morgan fingerprint density at radius 1 is 1.43 bits per heavy atom. The highest BCUT2D eigenvalue weighted by Gasteiger charge is 2.35. The minimum Gasteiger partial charge on any atom is -0.369 e. The molecule has 2 rings (SSSR count). The summed E-state index contributed by atoms with van der Waals surface area (Å²) in [6.45, 7) is 0.718. The lowest BCUT2D eigenvalue weighted by molar-refractivity contribution is -0.141. The molecule has 0 bridgehead atoms. The first-order valence-electron chi connectivity index (χ1n) is 6.28. The van der Waals surface area contributed by atoms with Crippen LogP contribution in [-0.2, 0) is 11.0 Å². The lowest BCUT2D eigenvalue weighted by atomic mass is 9.97. The number of nitrogens with two attached hydrogens (primary N) is 2. The highest BCUT2D eigenvalue weighted by atomic mass is 19.4. The Bertz CT molecular complexity index is 535. The molecule has 1 aliphatic rings. The Morgan fingerprint density at radius 2 is 2.14 bits per heavy atom. The van der Waals surface area contributed by atoms with Gasteiger partial charge in [-0.25, -0.2) is 10.8 Å². The summed E-state index contributed by atoms with van der Waals surface area (Å²) in [4.78, 5) is 20.0. The van der Waals surface area contributed by atoms with Crippen LogP contribution in [0.2, 0.25) is 0 Å². The zero-order valence-electron chi connectivity index (χ0n) is 11.0. The van der Waals surface area contributed by atoms with Crippen molar-refractivity contribution in [3.05, 3.63) is 11.8 Å². The van der Waals surface area contributed by atoms with Crippen LogP contribution in [-0.4, -0.2) is 29.0 Å². The molecule has 1 unspecified atom stereocenters. The number of hydrogen-bond acceptors (Lipinski definition) is 6. The van der Waals surface area contributed by atoms with Crippen LogP contribution < -0.4 is 21.9 Å². The molecule has 0 radical (unpaired) electrons. The Kier molecular flexibility index (Phi) is 4.16. The number of halogens is 3. The Labute approximate surface area is 118 Å². The van der Waals surface area contributed by atoms with Crippen molar-refractivity contribution in [2.24, 2.45) is 17.5 Å². The summed E-state index contributed by atoms with van der Waals surface area (Å²) in [6, 6.07) is 0.838. The van der Waals surface area contributed by atoms with Gasteiger partial charge in [0.1, 0.15) is 5.82 Å². The second kappa shape index (κ2) is 5.72. The summed E-state index contributed by atoms with van der Waals surface area (Å²) in [5.41, 5.74) is 6.17. The summed E-state index contributed by atoms with van der Waals surface area (Å²) in [5, 5.41) is 0. The normalized spacial score (nSPS) is 19.4. The molecule has 1 aliphatic heterocycles. The lowest BCUT2D eigenvalue weighted by Gasteiger charge is -2.32. The van der Waals surface area contributed by atoms with Gasteiger partial charge in [0.05, 0.1) is 5.92 Å². The van der Waals surface area contributed by atoms with Crippen LogP contribution in [0.3, 0.4) is 0 Å². The summed E-state index contributed by atoms with van der Waals surface area (Å²) in [7, 11) is 0. The molecule has 7 nitrogen and oxygen atoms in total. The number of primary amides is 1. The summed E-state index contributed by atoms with van der Waals surface area (Å²) >= 11 is 0. The van der Waals surface area contributed by atoms with Gasteiger partial charge < -0.3 is 10.6 Å². The van der Waals surface area contributed by atoms with Crippen molar-refractivity contribution >= 4 is 17.7 Å². The number of piperidine rings is 1. The third-order valence-corrected chi connectivity index (χ3v) is 3.28. The van der Waals surface area contributed by atoms with E-state index in [1.807, 2.05) is 5.43 Å². The molecule has 1 atom stereocenters. The van der Waals surface area contributed by atoms with E-state index in [1.165, 1.54) is 0 Å². The lowest BCUT2D eigenvalue weighted by Crippen LogP contribution is -2.41. The maximum Gasteiger partial charge on any atom is 0.433 e. The first-order valence-corrected chi connectivity index (χ1v) is 6.28. The van der Waals surface area contributed by atoms with Gasteiger partial charge in [0.2, 0.25) is 11.9 Å². The number of amides is 1. The van der Waals surface area contributed by atoms with Crippen LogP contribution in [0, 0.1) is 5.92 Å². The van der Waals surface area contributed by atoms with E-state index in [1.54, 1.807) is 4.90 Å². The van der Waals surface area contributed by atoms with Crippen molar-refractivity contribution in [3.63, 3.8) is 0 Å². The van der Waals surface area contributed by atoms with E-state index >= 15 is 0 Å².